The van der Waals surface area contributed by atoms with Gasteiger partial charge in [0.1, 0.15) is 17.6 Å². The van der Waals surface area contributed by atoms with Crippen LogP contribution in [0.25, 0.3) is 11.2 Å². The van der Waals surface area contributed by atoms with Gasteiger partial charge >= 0.3 is 5.97 Å². The molecule has 3 aromatic heterocycles. The second-order valence-corrected chi connectivity index (χ2v) is 3.75. The number of aromatic carboxylic acids is 1. The Morgan fingerprint density at radius 1 is 1.37 bits per heavy atom. The molecule has 0 bridgehead atoms. The monoisotopic (exact) mass is 259 g/mol. The second kappa shape index (κ2) is 4.41. The molecule has 0 atom stereocenters. The highest BCUT2D eigenvalue weighted by Crippen LogP contribution is 2.16. The van der Waals surface area contributed by atoms with Crippen molar-refractivity contribution in [1.82, 2.24) is 19.9 Å². The van der Waals surface area contributed by atoms with Gasteiger partial charge in [0.2, 0.25) is 5.76 Å². The van der Waals surface area contributed by atoms with Gasteiger partial charge in [-0.3, -0.25) is 0 Å². The van der Waals surface area contributed by atoms with Gasteiger partial charge in [-0.1, -0.05) is 0 Å². The summed E-state index contributed by atoms with van der Waals surface area (Å²) in [5.41, 5.74) is 1.25. The summed E-state index contributed by atoms with van der Waals surface area (Å²) in [6.07, 6.45) is 2.93. The van der Waals surface area contributed by atoms with Crippen LogP contribution in [0.3, 0.4) is 0 Å². The molecule has 0 spiro atoms. The number of rotatable bonds is 4. The lowest BCUT2D eigenvalue weighted by atomic mass is 10.4. The molecule has 3 aromatic rings. The number of anilines is 1. The van der Waals surface area contributed by atoms with Crippen molar-refractivity contribution in [2.75, 3.05) is 5.32 Å². The Morgan fingerprint density at radius 2 is 2.26 bits per heavy atom. The van der Waals surface area contributed by atoms with E-state index in [2.05, 4.69) is 25.3 Å². The van der Waals surface area contributed by atoms with Crippen LogP contribution in [0.2, 0.25) is 0 Å². The van der Waals surface area contributed by atoms with Crippen LogP contribution in [-0.2, 0) is 6.54 Å². The number of imidazole rings is 1. The molecule has 0 saturated heterocycles. The van der Waals surface area contributed by atoms with Crippen molar-refractivity contribution >= 4 is 23.0 Å². The predicted molar refractivity (Wildman–Crippen MR) is 64.7 cm³/mol. The summed E-state index contributed by atoms with van der Waals surface area (Å²) in [6, 6.07) is 3.01. The Balaban J connectivity index is 1.78. The van der Waals surface area contributed by atoms with Crippen molar-refractivity contribution in [3.05, 3.63) is 36.3 Å². The number of aromatic nitrogens is 4. The fraction of sp³-hybridized carbons (Fsp3) is 0.0909. The summed E-state index contributed by atoms with van der Waals surface area (Å²) in [7, 11) is 0. The molecule has 0 aliphatic rings. The van der Waals surface area contributed by atoms with E-state index in [4.69, 9.17) is 9.52 Å². The van der Waals surface area contributed by atoms with Gasteiger partial charge in [-0.25, -0.2) is 19.7 Å². The van der Waals surface area contributed by atoms with Crippen LogP contribution in [0.15, 0.2) is 29.2 Å². The van der Waals surface area contributed by atoms with Crippen molar-refractivity contribution < 1.29 is 14.3 Å². The number of carbonyl (C=O) groups is 1. The second-order valence-electron chi connectivity index (χ2n) is 3.75. The summed E-state index contributed by atoms with van der Waals surface area (Å²) in [5, 5.41) is 11.8. The Kier molecular flexibility index (Phi) is 2.60. The van der Waals surface area contributed by atoms with Gasteiger partial charge in [0.25, 0.3) is 0 Å². The molecule has 8 heteroatoms. The number of furan rings is 1. The van der Waals surface area contributed by atoms with Gasteiger partial charge in [0.15, 0.2) is 11.5 Å². The van der Waals surface area contributed by atoms with Crippen molar-refractivity contribution in [2.24, 2.45) is 0 Å². The number of nitrogens with one attached hydrogen (secondary N) is 2. The van der Waals surface area contributed by atoms with Crippen LogP contribution >= 0.6 is 0 Å². The Bertz CT molecular complexity index is 733. The number of aromatic amines is 1. The van der Waals surface area contributed by atoms with Gasteiger partial charge in [-0.15, -0.1) is 0 Å². The average molecular weight is 259 g/mol. The zero-order valence-corrected chi connectivity index (χ0v) is 9.62. The van der Waals surface area contributed by atoms with Crippen LogP contribution in [0.5, 0.6) is 0 Å². The zero-order valence-electron chi connectivity index (χ0n) is 9.62. The van der Waals surface area contributed by atoms with E-state index >= 15 is 0 Å². The lowest BCUT2D eigenvalue weighted by Gasteiger charge is -2.03. The first-order chi connectivity index (χ1) is 9.24. The molecular formula is C11H9N5O3. The van der Waals surface area contributed by atoms with E-state index in [9.17, 15) is 4.79 Å². The van der Waals surface area contributed by atoms with Crippen molar-refractivity contribution in [3.63, 3.8) is 0 Å². The molecule has 19 heavy (non-hydrogen) atoms. The van der Waals surface area contributed by atoms with Gasteiger partial charge in [-0.2, -0.15) is 0 Å². The van der Waals surface area contributed by atoms with E-state index < -0.39 is 5.97 Å². The smallest absolute Gasteiger partial charge is 0.371 e. The fourth-order valence-corrected chi connectivity index (χ4v) is 1.66. The molecule has 0 saturated carbocycles. The summed E-state index contributed by atoms with van der Waals surface area (Å²) in [6.45, 7) is 0.318. The number of hydrogen-bond acceptors (Lipinski definition) is 6. The first-order valence-corrected chi connectivity index (χ1v) is 5.44. The summed E-state index contributed by atoms with van der Waals surface area (Å²) in [5.74, 6) is -0.102. The van der Waals surface area contributed by atoms with E-state index in [0.29, 0.717) is 29.3 Å². The van der Waals surface area contributed by atoms with Crippen LogP contribution in [0.4, 0.5) is 5.82 Å². The van der Waals surface area contributed by atoms with Crippen LogP contribution in [-0.4, -0.2) is 31.0 Å². The Morgan fingerprint density at radius 3 is 3.05 bits per heavy atom. The standard InChI is InChI=1S/C11H9N5O3/c17-11(18)7-2-1-6(19-7)3-12-9-8-10(14-4-13-8)16-5-15-9/h1-2,4-5H,3H2,(H,17,18)(H2,12,13,14,15,16). The average Bonchev–Trinajstić information content (AvgIpc) is 3.05. The molecule has 0 unspecified atom stereocenters. The number of carboxylic acid groups (broad SMARTS) is 1. The molecule has 96 valence electrons. The van der Waals surface area contributed by atoms with E-state index in [1.807, 2.05) is 0 Å². The molecule has 0 fully saturated rings. The minimum Gasteiger partial charge on any atom is -0.475 e. The lowest BCUT2D eigenvalue weighted by Crippen LogP contribution is -2.02. The highest BCUT2D eigenvalue weighted by atomic mass is 16.4. The number of fused-ring (bicyclic) bond motifs is 1. The number of carboxylic acids is 1. The summed E-state index contributed by atoms with van der Waals surface area (Å²) < 4.78 is 5.13. The third kappa shape index (κ3) is 2.10. The molecule has 3 rings (SSSR count). The minimum absolute atomic E-state index is 0.0915. The van der Waals surface area contributed by atoms with Crippen LogP contribution in [0, 0.1) is 0 Å². The highest BCUT2D eigenvalue weighted by molar-refractivity contribution is 5.84. The van der Waals surface area contributed by atoms with Crippen molar-refractivity contribution in [2.45, 2.75) is 6.54 Å². The molecule has 0 radical (unpaired) electrons. The quantitative estimate of drug-likeness (QED) is 0.645. The maximum Gasteiger partial charge on any atom is 0.371 e. The van der Waals surface area contributed by atoms with Gasteiger partial charge < -0.3 is 19.8 Å². The third-order valence-electron chi connectivity index (χ3n) is 2.53. The van der Waals surface area contributed by atoms with Gasteiger partial charge in [0, 0.05) is 0 Å². The van der Waals surface area contributed by atoms with Crippen molar-refractivity contribution in [3.8, 4) is 0 Å². The Labute approximate surface area is 106 Å². The maximum atomic E-state index is 10.7. The molecule has 3 heterocycles. The van der Waals surface area contributed by atoms with E-state index in [1.165, 1.54) is 18.7 Å². The molecule has 8 nitrogen and oxygen atoms in total. The predicted octanol–water partition coefficient (Wildman–Crippen LogP) is 1.26. The summed E-state index contributed by atoms with van der Waals surface area (Å²) in [4.78, 5) is 25.7. The molecule has 0 aromatic carbocycles. The SMILES string of the molecule is O=C(O)c1ccc(CNc2ncnc3nc[nH]c23)o1. The highest BCUT2D eigenvalue weighted by Gasteiger charge is 2.10. The van der Waals surface area contributed by atoms with Gasteiger partial charge in [-0.05, 0) is 12.1 Å². The van der Waals surface area contributed by atoms with E-state index in [-0.39, 0.29) is 5.76 Å². The number of hydrogen-bond donors (Lipinski definition) is 3. The molecule has 0 aliphatic carbocycles. The number of nitrogens with zero attached hydrogens (tertiary/aromatic N) is 3. The van der Waals surface area contributed by atoms with Gasteiger partial charge in [0.05, 0.1) is 12.9 Å². The molecule has 0 aliphatic heterocycles. The normalized spacial score (nSPS) is 10.7. The number of H-pyrrole nitrogens is 1. The zero-order chi connectivity index (χ0) is 13.2. The van der Waals surface area contributed by atoms with E-state index in [1.54, 1.807) is 6.07 Å². The first-order valence-electron chi connectivity index (χ1n) is 5.44. The lowest BCUT2D eigenvalue weighted by molar-refractivity contribution is 0.0660. The van der Waals surface area contributed by atoms with Crippen LogP contribution < -0.4 is 5.32 Å². The summed E-state index contributed by atoms with van der Waals surface area (Å²) >= 11 is 0. The maximum absolute atomic E-state index is 10.7. The molecule has 3 N–H and O–H groups in total. The fourth-order valence-electron chi connectivity index (χ4n) is 1.66. The topological polar surface area (TPSA) is 117 Å². The van der Waals surface area contributed by atoms with Crippen LogP contribution in [0.1, 0.15) is 16.3 Å². The minimum atomic E-state index is -1.09. The van der Waals surface area contributed by atoms with E-state index in [0.717, 1.165) is 0 Å². The first kappa shape index (κ1) is 11.2. The Hall–Kier alpha value is -2.90. The molecular weight excluding hydrogens is 250 g/mol. The largest absolute Gasteiger partial charge is 0.475 e. The molecule has 0 amide bonds. The third-order valence-corrected chi connectivity index (χ3v) is 2.53. The van der Waals surface area contributed by atoms with Crippen molar-refractivity contribution in [1.29, 1.82) is 0 Å².